The summed E-state index contributed by atoms with van der Waals surface area (Å²) in [5.41, 5.74) is 0.661. The van der Waals surface area contributed by atoms with Gasteiger partial charge in [0.1, 0.15) is 5.75 Å². The molecule has 0 atom stereocenters. The van der Waals surface area contributed by atoms with Gasteiger partial charge < -0.3 is 4.74 Å². The van der Waals surface area contributed by atoms with E-state index in [0.29, 0.717) is 22.3 Å². The van der Waals surface area contributed by atoms with E-state index in [1.807, 2.05) is 0 Å². The molecule has 0 radical (unpaired) electrons. The van der Waals surface area contributed by atoms with Crippen molar-refractivity contribution in [1.82, 2.24) is 0 Å². The predicted octanol–water partition coefficient (Wildman–Crippen LogP) is 4.22. The third kappa shape index (κ3) is 4.61. The largest absolute Gasteiger partial charge is 0.484 e. The molecular weight excluding hydrogens is 308 g/mol. The zero-order valence-corrected chi connectivity index (χ0v) is 10.5. The summed E-state index contributed by atoms with van der Waals surface area (Å²) in [6.45, 7) is -1.29. The molecule has 90 valence electrons. The van der Waals surface area contributed by atoms with Gasteiger partial charge in [0.2, 0.25) is 0 Å². The average Bonchev–Trinajstić information content (AvgIpc) is 2.15. The summed E-state index contributed by atoms with van der Waals surface area (Å²) < 4.78 is 40.6. The first-order chi connectivity index (χ1) is 7.42. The Labute approximate surface area is 105 Å². The molecule has 1 aromatic rings. The fourth-order valence-corrected chi connectivity index (χ4v) is 1.77. The number of halogens is 5. The van der Waals surface area contributed by atoms with E-state index in [0.717, 1.165) is 0 Å². The van der Waals surface area contributed by atoms with E-state index in [4.69, 9.17) is 16.3 Å². The highest BCUT2D eigenvalue weighted by Crippen LogP contribution is 2.26. The summed E-state index contributed by atoms with van der Waals surface area (Å²) in [5, 5.41) is 1.12. The molecule has 0 amide bonds. The Bertz CT molecular complexity index is 354. The molecule has 0 aliphatic heterocycles. The van der Waals surface area contributed by atoms with E-state index in [9.17, 15) is 13.2 Å². The van der Waals surface area contributed by atoms with Crippen molar-refractivity contribution in [3.05, 3.63) is 28.8 Å². The lowest BCUT2D eigenvalue weighted by Crippen LogP contribution is -2.19. The molecule has 0 N–H and O–H groups in total. The van der Waals surface area contributed by atoms with E-state index >= 15 is 0 Å². The monoisotopic (exact) mass is 316 g/mol. The Kier molecular flexibility index (Phi) is 4.92. The van der Waals surface area contributed by atoms with Gasteiger partial charge in [-0.25, -0.2) is 0 Å². The van der Waals surface area contributed by atoms with Crippen LogP contribution in [0.25, 0.3) is 0 Å². The summed E-state index contributed by atoms with van der Waals surface area (Å²) in [4.78, 5) is 0. The summed E-state index contributed by atoms with van der Waals surface area (Å²) in [6, 6.07) is 4.56. The maximum absolute atomic E-state index is 12.0. The van der Waals surface area contributed by atoms with Crippen molar-refractivity contribution in [2.75, 3.05) is 11.9 Å². The first-order valence-electron chi connectivity index (χ1n) is 4.46. The molecule has 1 aromatic carbocycles. The molecule has 0 bridgehead atoms. The SMILES string of the molecule is FC(F)(F)COc1ccc(Cl)cc1CCBr. The van der Waals surface area contributed by atoms with Gasteiger partial charge in [-0.3, -0.25) is 0 Å². The van der Waals surface area contributed by atoms with Crippen LogP contribution in [0.5, 0.6) is 5.75 Å². The van der Waals surface area contributed by atoms with Gasteiger partial charge in [0.25, 0.3) is 0 Å². The van der Waals surface area contributed by atoms with Crippen molar-refractivity contribution in [2.45, 2.75) is 12.6 Å². The van der Waals surface area contributed by atoms with E-state index in [1.165, 1.54) is 12.1 Å². The number of ether oxygens (including phenoxy) is 1. The van der Waals surface area contributed by atoms with Crippen LogP contribution >= 0.6 is 27.5 Å². The number of alkyl halides is 4. The van der Waals surface area contributed by atoms with Crippen LogP contribution in [-0.2, 0) is 6.42 Å². The minimum absolute atomic E-state index is 0.223. The van der Waals surface area contributed by atoms with Crippen molar-refractivity contribution in [3.8, 4) is 5.75 Å². The zero-order chi connectivity index (χ0) is 12.2. The van der Waals surface area contributed by atoms with Crippen LogP contribution in [0.15, 0.2) is 18.2 Å². The molecule has 0 aliphatic rings. The molecule has 0 fully saturated rings. The highest BCUT2D eigenvalue weighted by molar-refractivity contribution is 9.09. The first kappa shape index (κ1) is 13.6. The summed E-state index contributed by atoms with van der Waals surface area (Å²) in [6.07, 6.45) is -3.76. The fraction of sp³-hybridized carbons (Fsp3) is 0.400. The smallest absolute Gasteiger partial charge is 0.422 e. The van der Waals surface area contributed by atoms with Gasteiger partial charge in [-0.15, -0.1) is 0 Å². The van der Waals surface area contributed by atoms with Gasteiger partial charge in [0.05, 0.1) is 0 Å². The maximum Gasteiger partial charge on any atom is 0.422 e. The predicted molar refractivity (Wildman–Crippen MR) is 60.5 cm³/mol. The second kappa shape index (κ2) is 5.77. The molecular formula is C10H9BrClF3O. The normalized spacial score (nSPS) is 11.6. The van der Waals surface area contributed by atoms with E-state index in [2.05, 4.69) is 15.9 Å². The standard InChI is InChI=1S/C10H9BrClF3O/c11-4-3-7-5-8(12)1-2-9(7)16-6-10(13,14)15/h1-2,5H,3-4,6H2. The third-order valence-electron chi connectivity index (χ3n) is 1.78. The molecule has 0 heterocycles. The van der Waals surface area contributed by atoms with Gasteiger partial charge in [-0.2, -0.15) is 13.2 Å². The van der Waals surface area contributed by atoms with Gasteiger partial charge in [-0.1, -0.05) is 27.5 Å². The topological polar surface area (TPSA) is 9.23 Å². The average molecular weight is 318 g/mol. The lowest BCUT2D eigenvalue weighted by atomic mass is 10.1. The van der Waals surface area contributed by atoms with E-state index < -0.39 is 12.8 Å². The zero-order valence-electron chi connectivity index (χ0n) is 8.15. The Balaban J connectivity index is 2.78. The Morgan fingerprint density at radius 3 is 2.56 bits per heavy atom. The summed E-state index contributed by atoms with van der Waals surface area (Å²) in [5.74, 6) is 0.223. The molecule has 0 saturated heterocycles. The quantitative estimate of drug-likeness (QED) is 0.756. The van der Waals surface area contributed by atoms with Gasteiger partial charge in [-0.05, 0) is 30.2 Å². The van der Waals surface area contributed by atoms with Crippen LogP contribution in [-0.4, -0.2) is 18.1 Å². The Morgan fingerprint density at radius 2 is 2.00 bits per heavy atom. The number of hydrogen-bond donors (Lipinski definition) is 0. The van der Waals surface area contributed by atoms with Crippen LogP contribution in [0.2, 0.25) is 5.02 Å². The molecule has 0 spiro atoms. The lowest BCUT2D eigenvalue weighted by Gasteiger charge is -2.12. The van der Waals surface area contributed by atoms with Crippen molar-refractivity contribution in [2.24, 2.45) is 0 Å². The first-order valence-corrected chi connectivity index (χ1v) is 5.96. The minimum Gasteiger partial charge on any atom is -0.484 e. The second-order valence-corrected chi connectivity index (χ2v) is 4.32. The van der Waals surface area contributed by atoms with Gasteiger partial charge in [0.15, 0.2) is 6.61 Å². The fourth-order valence-electron chi connectivity index (χ4n) is 1.15. The molecule has 1 rings (SSSR count). The molecule has 1 nitrogen and oxygen atoms in total. The van der Waals surface area contributed by atoms with Crippen LogP contribution in [0.4, 0.5) is 13.2 Å². The Morgan fingerprint density at radius 1 is 1.31 bits per heavy atom. The summed E-state index contributed by atoms with van der Waals surface area (Å²) in [7, 11) is 0. The van der Waals surface area contributed by atoms with Crippen molar-refractivity contribution in [3.63, 3.8) is 0 Å². The van der Waals surface area contributed by atoms with E-state index in [-0.39, 0.29) is 5.75 Å². The van der Waals surface area contributed by atoms with Crippen molar-refractivity contribution in [1.29, 1.82) is 0 Å². The molecule has 0 aliphatic carbocycles. The minimum atomic E-state index is -4.33. The molecule has 6 heteroatoms. The third-order valence-corrected chi connectivity index (χ3v) is 2.41. The molecule has 0 aromatic heterocycles. The molecule has 0 unspecified atom stereocenters. The Hall–Kier alpha value is -0.420. The second-order valence-electron chi connectivity index (χ2n) is 3.09. The molecule has 0 saturated carbocycles. The van der Waals surface area contributed by atoms with Gasteiger partial charge >= 0.3 is 6.18 Å². The number of rotatable bonds is 4. The number of aryl methyl sites for hydroxylation is 1. The van der Waals surface area contributed by atoms with E-state index in [1.54, 1.807) is 6.07 Å². The highest BCUT2D eigenvalue weighted by atomic mass is 79.9. The highest BCUT2D eigenvalue weighted by Gasteiger charge is 2.28. The lowest BCUT2D eigenvalue weighted by molar-refractivity contribution is -0.153. The number of hydrogen-bond acceptors (Lipinski definition) is 1. The molecule has 16 heavy (non-hydrogen) atoms. The van der Waals surface area contributed by atoms with Crippen molar-refractivity contribution < 1.29 is 17.9 Å². The van der Waals surface area contributed by atoms with Crippen molar-refractivity contribution >= 4 is 27.5 Å². The summed E-state index contributed by atoms with van der Waals surface area (Å²) >= 11 is 8.96. The van der Waals surface area contributed by atoms with Crippen LogP contribution in [0.3, 0.4) is 0 Å². The van der Waals surface area contributed by atoms with Crippen LogP contribution in [0, 0.1) is 0 Å². The maximum atomic E-state index is 12.0. The van der Waals surface area contributed by atoms with Crippen LogP contribution < -0.4 is 4.74 Å². The number of benzene rings is 1. The van der Waals surface area contributed by atoms with Crippen LogP contribution in [0.1, 0.15) is 5.56 Å². The van der Waals surface area contributed by atoms with Gasteiger partial charge in [0, 0.05) is 10.4 Å².